The maximum absolute atomic E-state index is 13.1. The normalized spacial score (nSPS) is 11.9. The Morgan fingerprint density at radius 2 is 2.00 bits per heavy atom. The molecule has 2 rings (SSSR count). The molecule has 1 atom stereocenters. The monoisotopic (exact) mass is 295 g/mol. The fourth-order valence-electron chi connectivity index (χ4n) is 1.61. The number of hydrogen-bond donors (Lipinski definition) is 0. The fraction of sp³-hybridized carbons (Fsp3) is 0.143. The molecular formula is C14H11ClFNO3. The number of hydrogen-bond acceptors (Lipinski definition) is 3. The lowest BCUT2D eigenvalue weighted by Crippen LogP contribution is -2.24. The molecule has 0 amide bonds. The number of pyridine rings is 1. The third kappa shape index (κ3) is 3.24. The van der Waals surface area contributed by atoms with Crippen molar-refractivity contribution < 1.29 is 18.7 Å². The zero-order chi connectivity index (χ0) is 14.7. The van der Waals surface area contributed by atoms with Gasteiger partial charge in [-0.2, -0.15) is 4.73 Å². The largest absolute Gasteiger partial charge is 0.619 e. The summed E-state index contributed by atoms with van der Waals surface area (Å²) >= 11 is 5.68. The second-order valence-corrected chi connectivity index (χ2v) is 4.57. The van der Waals surface area contributed by atoms with Crippen molar-refractivity contribution in [2.45, 2.75) is 13.0 Å². The van der Waals surface area contributed by atoms with Crippen molar-refractivity contribution in [2.24, 2.45) is 0 Å². The Kier molecular flexibility index (Phi) is 4.20. The van der Waals surface area contributed by atoms with Crippen LogP contribution in [-0.4, -0.2) is 5.97 Å². The predicted molar refractivity (Wildman–Crippen MR) is 70.6 cm³/mol. The molecule has 0 bridgehead atoms. The SMILES string of the molecule is CC(OC(=O)c1cc[n+]([O-])cc1)c1ccc(F)c(Cl)c1. The average molecular weight is 296 g/mol. The van der Waals surface area contributed by atoms with Crippen molar-refractivity contribution in [3.8, 4) is 0 Å². The van der Waals surface area contributed by atoms with Gasteiger partial charge in [-0.3, -0.25) is 0 Å². The number of benzene rings is 1. The zero-order valence-corrected chi connectivity index (χ0v) is 11.3. The van der Waals surface area contributed by atoms with Gasteiger partial charge in [-0.05, 0) is 24.6 Å². The Labute approximate surface area is 120 Å². The van der Waals surface area contributed by atoms with Crippen LogP contribution in [0.1, 0.15) is 28.9 Å². The molecule has 4 nitrogen and oxygen atoms in total. The third-order valence-corrected chi connectivity index (χ3v) is 3.02. The highest BCUT2D eigenvalue weighted by Gasteiger charge is 2.15. The smallest absolute Gasteiger partial charge is 0.339 e. The molecule has 20 heavy (non-hydrogen) atoms. The van der Waals surface area contributed by atoms with E-state index in [0.29, 0.717) is 10.3 Å². The Morgan fingerprint density at radius 1 is 1.35 bits per heavy atom. The predicted octanol–water partition coefficient (Wildman–Crippen LogP) is 3.03. The molecule has 0 spiro atoms. The van der Waals surface area contributed by atoms with Crippen LogP contribution in [0.4, 0.5) is 4.39 Å². The average Bonchev–Trinajstić information content (AvgIpc) is 2.42. The highest BCUT2D eigenvalue weighted by Crippen LogP contribution is 2.23. The molecule has 0 saturated carbocycles. The Balaban J connectivity index is 2.10. The van der Waals surface area contributed by atoms with Crippen molar-refractivity contribution in [1.82, 2.24) is 0 Å². The van der Waals surface area contributed by atoms with Crippen LogP contribution in [-0.2, 0) is 4.74 Å². The summed E-state index contributed by atoms with van der Waals surface area (Å²) in [7, 11) is 0. The van der Waals surface area contributed by atoms with Gasteiger partial charge in [-0.25, -0.2) is 9.18 Å². The number of carbonyl (C=O) groups excluding carboxylic acids is 1. The van der Waals surface area contributed by atoms with Gasteiger partial charge in [0.1, 0.15) is 11.9 Å². The number of halogens is 2. The number of aromatic nitrogens is 1. The molecule has 6 heteroatoms. The van der Waals surface area contributed by atoms with Crippen molar-refractivity contribution in [2.75, 3.05) is 0 Å². The van der Waals surface area contributed by atoms with Crippen LogP contribution in [0, 0.1) is 11.0 Å². The molecule has 104 valence electrons. The zero-order valence-electron chi connectivity index (χ0n) is 10.5. The lowest BCUT2D eigenvalue weighted by Gasteiger charge is -2.14. The Morgan fingerprint density at radius 3 is 2.60 bits per heavy atom. The molecule has 2 aromatic rings. The van der Waals surface area contributed by atoms with Gasteiger partial charge in [-0.15, -0.1) is 0 Å². The van der Waals surface area contributed by atoms with Gasteiger partial charge in [0.15, 0.2) is 12.4 Å². The van der Waals surface area contributed by atoms with E-state index in [-0.39, 0.29) is 10.6 Å². The summed E-state index contributed by atoms with van der Waals surface area (Å²) in [6, 6.07) is 6.84. The van der Waals surface area contributed by atoms with E-state index in [1.165, 1.54) is 42.7 Å². The summed E-state index contributed by atoms with van der Waals surface area (Å²) in [6.07, 6.45) is 1.83. The molecule has 0 aliphatic carbocycles. The summed E-state index contributed by atoms with van der Waals surface area (Å²) in [6.45, 7) is 1.65. The van der Waals surface area contributed by atoms with Gasteiger partial charge < -0.3 is 9.94 Å². The lowest BCUT2D eigenvalue weighted by molar-refractivity contribution is -0.605. The third-order valence-electron chi connectivity index (χ3n) is 2.73. The van der Waals surface area contributed by atoms with E-state index in [1.807, 2.05) is 0 Å². The molecule has 1 heterocycles. The van der Waals surface area contributed by atoms with Crippen LogP contribution in [0.15, 0.2) is 42.7 Å². The number of carbonyl (C=O) groups is 1. The highest BCUT2D eigenvalue weighted by molar-refractivity contribution is 6.30. The van der Waals surface area contributed by atoms with Crippen LogP contribution in [0.2, 0.25) is 5.02 Å². The fourth-order valence-corrected chi connectivity index (χ4v) is 1.80. The number of rotatable bonds is 3. The summed E-state index contributed by atoms with van der Waals surface area (Å²) < 4.78 is 18.9. The number of ether oxygens (including phenoxy) is 1. The van der Waals surface area contributed by atoms with E-state index in [4.69, 9.17) is 16.3 Å². The number of nitrogens with zero attached hydrogens (tertiary/aromatic N) is 1. The number of esters is 1. The van der Waals surface area contributed by atoms with Crippen LogP contribution < -0.4 is 4.73 Å². The minimum Gasteiger partial charge on any atom is -0.619 e. The molecule has 1 unspecified atom stereocenters. The van der Waals surface area contributed by atoms with E-state index in [1.54, 1.807) is 6.92 Å². The van der Waals surface area contributed by atoms with Gasteiger partial charge in [-0.1, -0.05) is 17.7 Å². The van der Waals surface area contributed by atoms with Crippen molar-refractivity contribution in [1.29, 1.82) is 0 Å². The molecule has 0 saturated heterocycles. The second-order valence-electron chi connectivity index (χ2n) is 4.17. The molecule has 0 aliphatic rings. The quantitative estimate of drug-likeness (QED) is 0.497. The van der Waals surface area contributed by atoms with Gasteiger partial charge >= 0.3 is 5.97 Å². The first-order chi connectivity index (χ1) is 9.47. The van der Waals surface area contributed by atoms with Crippen molar-refractivity contribution >= 4 is 17.6 Å². The molecule has 0 fully saturated rings. The van der Waals surface area contributed by atoms with E-state index in [0.717, 1.165) is 0 Å². The molecule has 0 aliphatic heterocycles. The van der Waals surface area contributed by atoms with Crippen molar-refractivity contribution in [3.63, 3.8) is 0 Å². The molecule has 0 N–H and O–H groups in total. The standard InChI is InChI=1S/C14H11ClFNO3/c1-9(11-2-3-13(16)12(15)8-11)20-14(18)10-4-6-17(19)7-5-10/h2-9H,1H3. The Bertz CT molecular complexity index is 631. The molecular weight excluding hydrogens is 285 g/mol. The van der Waals surface area contributed by atoms with Gasteiger partial charge in [0, 0.05) is 12.1 Å². The van der Waals surface area contributed by atoms with Gasteiger partial charge in [0.2, 0.25) is 0 Å². The van der Waals surface area contributed by atoms with Crippen LogP contribution in [0.3, 0.4) is 0 Å². The Hall–Kier alpha value is -2.14. The second kappa shape index (κ2) is 5.88. The van der Waals surface area contributed by atoms with Crippen molar-refractivity contribution in [3.05, 3.63) is 69.9 Å². The van der Waals surface area contributed by atoms with E-state index < -0.39 is 17.9 Å². The topological polar surface area (TPSA) is 53.2 Å². The summed E-state index contributed by atoms with van der Waals surface area (Å²) in [5.41, 5.74) is 0.844. The molecule has 1 aromatic carbocycles. The highest BCUT2D eigenvalue weighted by atomic mass is 35.5. The molecule has 1 aromatic heterocycles. The van der Waals surface area contributed by atoms with E-state index in [2.05, 4.69) is 0 Å². The first-order valence-electron chi connectivity index (χ1n) is 5.82. The van der Waals surface area contributed by atoms with Crippen LogP contribution in [0.25, 0.3) is 0 Å². The minimum absolute atomic E-state index is 0.0301. The maximum Gasteiger partial charge on any atom is 0.339 e. The summed E-state index contributed by atoms with van der Waals surface area (Å²) in [5, 5.41) is 10.8. The van der Waals surface area contributed by atoms with Crippen LogP contribution in [0.5, 0.6) is 0 Å². The van der Waals surface area contributed by atoms with Gasteiger partial charge in [0.25, 0.3) is 0 Å². The van der Waals surface area contributed by atoms with Crippen LogP contribution >= 0.6 is 11.6 Å². The summed E-state index contributed by atoms with van der Waals surface area (Å²) in [5.74, 6) is -1.10. The summed E-state index contributed by atoms with van der Waals surface area (Å²) in [4.78, 5) is 11.9. The maximum atomic E-state index is 13.1. The van der Waals surface area contributed by atoms with E-state index >= 15 is 0 Å². The first kappa shape index (κ1) is 14.3. The minimum atomic E-state index is -0.583. The first-order valence-corrected chi connectivity index (χ1v) is 6.20. The lowest BCUT2D eigenvalue weighted by atomic mass is 10.1. The van der Waals surface area contributed by atoms with E-state index in [9.17, 15) is 14.4 Å². The van der Waals surface area contributed by atoms with Gasteiger partial charge in [0.05, 0.1) is 10.6 Å². The molecule has 0 radical (unpaired) electrons.